The molecule has 0 unspecified atom stereocenters. The summed E-state index contributed by atoms with van der Waals surface area (Å²) in [4.78, 5) is 4.00. The second-order valence-electron chi connectivity index (χ2n) is 3.63. The highest BCUT2D eigenvalue weighted by Gasteiger charge is 2.07. The van der Waals surface area contributed by atoms with Gasteiger partial charge in [0, 0.05) is 12.1 Å². The van der Waals surface area contributed by atoms with Crippen molar-refractivity contribution in [3.8, 4) is 0 Å². The molecule has 0 amide bonds. The van der Waals surface area contributed by atoms with Crippen LogP contribution >= 0.6 is 0 Å². The molecule has 2 aromatic heterocycles. The first-order valence-electron chi connectivity index (χ1n) is 5.04. The van der Waals surface area contributed by atoms with Crippen molar-refractivity contribution in [1.29, 1.82) is 0 Å². The minimum atomic E-state index is 0.517. The zero-order valence-corrected chi connectivity index (χ0v) is 9.32. The standard InChI is InChI=1S/C11H14N4O/c1-7-10(8(2)16-15-7)6-13-9-3-4-11(12)14-5-9/h3-5,13H,6H2,1-2H3,(H2,12,14). The topological polar surface area (TPSA) is 77.0 Å². The molecule has 0 saturated carbocycles. The van der Waals surface area contributed by atoms with Gasteiger partial charge in [-0.05, 0) is 26.0 Å². The summed E-state index contributed by atoms with van der Waals surface area (Å²) in [5.41, 5.74) is 8.42. The van der Waals surface area contributed by atoms with E-state index in [1.165, 1.54) is 0 Å². The summed E-state index contributed by atoms with van der Waals surface area (Å²) in [6, 6.07) is 3.65. The molecule has 5 nitrogen and oxygen atoms in total. The second kappa shape index (κ2) is 4.22. The predicted octanol–water partition coefficient (Wildman–Crippen LogP) is 1.88. The Hall–Kier alpha value is -2.04. The van der Waals surface area contributed by atoms with Crippen molar-refractivity contribution in [3.05, 3.63) is 35.3 Å². The van der Waals surface area contributed by atoms with E-state index in [4.69, 9.17) is 10.3 Å². The number of nitrogens with zero attached hydrogens (tertiary/aromatic N) is 2. The highest BCUT2D eigenvalue weighted by atomic mass is 16.5. The Bertz CT molecular complexity index is 456. The lowest BCUT2D eigenvalue weighted by Crippen LogP contribution is -2.02. The number of nitrogens with two attached hydrogens (primary N) is 1. The van der Waals surface area contributed by atoms with E-state index in [1.807, 2.05) is 19.9 Å². The van der Waals surface area contributed by atoms with Gasteiger partial charge in [0.05, 0.1) is 17.6 Å². The molecule has 0 aliphatic heterocycles. The second-order valence-corrected chi connectivity index (χ2v) is 3.63. The number of hydrogen-bond donors (Lipinski definition) is 2. The number of hydrogen-bond acceptors (Lipinski definition) is 5. The molecule has 2 aromatic rings. The van der Waals surface area contributed by atoms with Crippen LogP contribution in [0.5, 0.6) is 0 Å². The van der Waals surface area contributed by atoms with E-state index in [-0.39, 0.29) is 0 Å². The Morgan fingerprint density at radius 2 is 2.19 bits per heavy atom. The van der Waals surface area contributed by atoms with Crippen molar-refractivity contribution < 1.29 is 4.52 Å². The highest BCUT2D eigenvalue weighted by Crippen LogP contribution is 2.15. The van der Waals surface area contributed by atoms with Crippen LogP contribution in [0.2, 0.25) is 0 Å². The monoisotopic (exact) mass is 218 g/mol. The average molecular weight is 218 g/mol. The normalized spacial score (nSPS) is 10.4. The minimum absolute atomic E-state index is 0.517. The van der Waals surface area contributed by atoms with Gasteiger partial charge in [0.1, 0.15) is 11.6 Å². The molecule has 2 rings (SSSR count). The average Bonchev–Trinajstić information content (AvgIpc) is 2.59. The van der Waals surface area contributed by atoms with Gasteiger partial charge in [-0.15, -0.1) is 0 Å². The molecule has 0 spiro atoms. The summed E-state index contributed by atoms with van der Waals surface area (Å²) in [6.45, 7) is 4.50. The molecule has 0 aromatic carbocycles. The number of aromatic nitrogens is 2. The molecule has 0 atom stereocenters. The van der Waals surface area contributed by atoms with Crippen LogP contribution in [0.4, 0.5) is 11.5 Å². The lowest BCUT2D eigenvalue weighted by molar-refractivity contribution is 0.392. The third-order valence-electron chi connectivity index (χ3n) is 2.44. The number of nitrogens with one attached hydrogen (secondary N) is 1. The quantitative estimate of drug-likeness (QED) is 0.822. The molecule has 0 aliphatic carbocycles. The zero-order chi connectivity index (χ0) is 11.5. The Morgan fingerprint density at radius 1 is 1.38 bits per heavy atom. The van der Waals surface area contributed by atoms with Crippen molar-refractivity contribution >= 4 is 11.5 Å². The minimum Gasteiger partial charge on any atom is -0.384 e. The van der Waals surface area contributed by atoms with Gasteiger partial charge in [0.2, 0.25) is 0 Å². The predicted molar refractivity (Wildman–Crippen MR) is 62.0 cm³/mol. The van der Waals surface area contributed by atoms with Crippen LogP contribution in [0, 0.1) is 13.8 Å². The lowest BCUT2D eigenvalue weighted by atomic mass is 10.2. The smallest absolute Gasteiger partial charge is 0.138 e. The Kier molecular flexibility index (Phi) is 2.76. The van der Waals surface area contributed by atoms with Gasteiger partial charge in [-0.3, -0.25) is 0 Å². The summed E-state index contributed by atoms with van der Waals surface area (Å²) in [6.07, 6.45) is 1.70. The SMILES string of the molecule is Cc1noc(C)c1CNc1ccc(N)nc1. The van der Waals surface area contributed by atoms with Gasteiger partial charge in [-0.25, -0.2) is 4.98 Å². The van der Waals surface area contributed by atoms with Crippen molar-refractivity contribution in [3.63, 3.8) is 0 Å². The fraction of sp³-hybridized carbons (Fsp3) is 0.273. The maximum absolute atomic E-state index is 5.50. The maximum Gasteiger partial charge on any atom is 0.138 e. The summed E-state index contributed by atoms with van der Waals surface area (Å²) in [5.74, 6) is 1.36. The summed E-state index contributed by atoms with van der Waals surface area (Å²) in [5, 5.41) is 7.13. The maximum atomic E-state index is 5.50. The highest BCUT2D eigenvalue weighted by molar-refractivity contribution is 5.46. The van der Waals surface area contributed by atoms with Gasteiger partial charge in [-0.1, -0.05) is 5.16 Å². The summed E-state index contributed by atoms with van der Waals surface area (Å²) >= 11 is 0. The summed E-state index contributed by atoms with van der Waals surface area (Å²) in [7, 11) is 0. The van der Waals surface area contributed by atoms with E-state index in [0.717, 1.165) is 22.7 Å². The zero-order valence-electron chi connectivity index (χ0n) is 9.32. The molecule has 3 N–H and O–H groups in total. The Morgan fingerprint density at radius 3 is 2.75 bits per heavy atom. The van der Waals surface area contributed by atoms with Gasteiger partial charge in [-0.2, -0.15) is 0 Å². The van der Waals surface area contributed by atoms with E-state index >= 15 is 0 Å². The van der Waals surface area contributed by atoms with E-state index < -0.39 is 0 Å². The number of nitrogen functional groups attached to an aromatic ring is 1. The third-order valence-corrected chi connectivity index (χ3v) is 2.44. The fourth-order valence-electron chi connectivity index (χ4n) is 1.45. The largest absolute Gasteiger partial charge is 0.384 e. The van der Waals surface area contributed by atoms with Gasteiger partial charge in [0.25, 0.3) is 0 Å². The number of rotatable bonds is 3. The van der Waals surface area contributed by atoms with E-state index in [9.17, 15) is 0 Å². The lowest BCUT2D eigenvalue weighted by Gasteiger charge is -2.05. The molecule has 84 valence electrons. The Labute approximate surface area is 93.7 Å². The van der Waals surface area contributed by atoms with E-state index in [2.05, 4.69) is 15.5 Å². The molecular weight excluding hydrogens is 204 g/mol. The molecule has 0 saturated heterocycles. The van der Waals surface area contributed by atoms with Crippen LogP contribution in [-0.4, -0.2) is 10.1 Å². The van der Waals surface area contributed by atoms with Crippen LogP contribution in [0.25, 0.3) is 0 Å². The number of pyridine rings is 1. The Balaban J connectivity index is 2.05. The van der Waals surface area contributed by atoms with Crippen molar-refractivity contribution in [2.24, 2.45) is 0 Å². The molecule has 0 radical (unpaired) electrons. The fourth-order valence-corrected chi connectivity index (χ4v) is 1.45. The number of aryl methyl sites for hydroxylation is 2. The van der Waals surface area contributed by atoms with E-state index in [1.54, 1.807) is 12.3 Å². The molecule has 0 aliphatic rings. The van der Waals surface area contributed by atoms with Crippen molar-refractivity contribution in [2.75, 3.05) is 11.1 Å². The van der Waals surface area contributed by atoms with Crippen LogP contribution < -0.4 is 11.1 Å². The van der Waals surface area contributed by atoms with Crippen molar-refractivity contribution in [2.45, 2.75) is 20.4 Å². The van der Waals surface area contributed by atoms with Crippen LogP contribution in [0.15, 0.2) is 22.9 Å². The van der Waals surface area contributed by atoms with Gasteiger partial charge < -0.3 is 15.6 Å². The molecule has 2 heterocycles. The van der Waals surface area contributed by atoms with Gasteiger partial charge in [0.15, 0.2) is 0 Å². The van der Waals surface area contributed by atoms with Crippen molar-refractivity contribution in [1.82, 2.24) is 10.1 Å². The van der Waals surface area contributed by atoms with Gasteiger partial charge >= 0.3 is 0 Å². The first-order valence-corrected chi connectivity index (χ1v) is 5.04. The molecule has 0 bridgehead atoms. The van der Waals surface area contributed by atoms with Crippen LogP contribution in [0.1, 0.15) is 17.0 Å². The number of anilines is 2. The van der Waals surface area contributed by atoms with Crippen LogP contribution in [0.3, 0.4) is 0 Å². The third kappa shape index (κ3) is 2.13. The molecular formula is C11H14N4O. The first-order chi connectivity index (χ1) is 7.66. The van der Waals surface area contributed by atoms with E-state index in [0.29, 0.717) is 12.4 Å². The van der Waals surface area contributed by atoms with Crippen LogP contribution in [-0.2, 0) is 6.54 Å². The first kappa shape index (κ1) is 10.5. The molecule has 16 heavy (non-hydrogen) atoms. The summed E-state index contributed by atoms with van der Waals surface area (Å²) < 4.78 is 5.08. The molecule has 0 fully saturated rings. The molecule has 5 heteroatoms.